The fourth-order valence-electron chi connectivity index (χ4n) is 2.78. The molecule has 0 radical (unpaired) electrons. The third-order valence-corrected chi connectivity index (χ3v) is 16.0. The van der Waals surface area contributed by atoms with Crippen LogP contribution in [0.5, 0.6) is 0 Å². The number of rotatable bonds is 10. The van der Waals surface area contributed by atoms with Gasteiger partial charge in [0.2, 0.25) is 0 Å². The quantitative estimate of drug-likeness (QED) is 0.332. The largest absolute Gasteiger partial charge is 0.481 e. The van der Waals surface area contributed by atoms with Gasteiger partial charge in [-0.3, -0.25) is 9.59 Å². The number of aliphatic carboxylic acids is 1. The zero-order chi connectivity index (χ0) is 24.3. The molecule has 0 aromatic carbocycles. The fourth-order valence-corrected chi connectivity index (χ4v) is 5.64. The Morgan fingerprint density at radius 3 is 1.60 bits per heavy atom. The van der Waals surface area contributed by atoms with Gasteiger partial charge < -0.3 is 18.7 Å². The fraction of sp³-hybridized carbons (Fsp3) is 0.909. The van der Waals surface area contributed by atoms with E-state index >= 15 is 0 Å². The smallest absolute Gasteiger partial charge is 0.310 e. The van der Waals surface area contributed by atoms with Crippen molar-refractivity contribution >= 4 is 28.6 Å². The molecule has 0 aromatic heterocycles. The molecule has 4 atom stereocenters. The molecule has 6 nitrogen and oxygen atoms in total. The summed E-state index contributed by atoms with van der Waals surface area (Å²) >= 11 is 0. The summed E-state index contributed by atoms with van der Waals surface area (Å²) in [7, 11) is -3.10. The average Bonchev–Trinajstić information content (AvgIpc) is 2.54. The van der Waals surface area contributed by atoms with Gasteiger partial charge in [-0.25, -0.2) is 0 Å². The van der Waals surface area contributed by atoms with Crippen LogP contribution in [0.1, 0.15) is 61.8 Å². The Morgan fingerprint density at radius 2 is 1.27 bits per heavy atom. The second-order valence-corrected chi connectivity index (χ2v) is 21.0. The van der Waals surface area contributed by atoms with Gasteiger partial charge in [-0.05, 0) is 43.2 Å². The third-order valence-electron chi connectivity index (χ3n) is 7.04. The molecule has 0 fully saturated rings. The molecule has 0 saturated carbocycles. The molecule has 0 spiro atoms. The Kier molecular flexibility index (Phi) is 10.0. The Morgan fingerprint density at radius 1 is 0.867 bits per heavy atom. The molecular weight excluding hydrogens is 416 g/mol. The summed E-state index contributed by atoms with van der Waals surface area (Å²) in [5, 5.41) is 9.47. The predicted octanol–water partition coefficient (Wildman–Crippen LogP) is 5.69. The first kappa shape index (κ1) is 29.3. The normalized spacial score (nSPS) is 17.8. The van der Waals surface area contributed by atoms with E-state index in [1.165, 1.54) is 7.11 Å². The first-order valence-electron chi connectivity index (χ1n) is 10.8. The molecule has 1 N–H and O–H groups in total. The van der Waals surface area contributed by atoms with Crippen molar-refractivity contribution in [1.82, 2.24) is 0 Å². The van der Waals surface area contributed by atoms with Crippen molar-refractivity contribution in [3.63, 3.8) is 0 Å². The van der Waals surface area contributed by atoms with Gasteiger partial charge in [0.15, 0.2) is 16.6 Å². The maximum atomic E-state index is 12.4. The Hall–Kier alpha value is -0.706. The first-order chi connectivity index (χ1) is 13.2. The van der Waals surface area contributed by atoms with E-state index in [1.54, 1.807) is 6.92 Å². The summed E-state index contributed by atoms with van der Waals surface area (Å²) in [6.07, 6.45) is -1.17. The predicted molar refractivity (Wildman–Crippen MR) is 127 cm³/mol. The maximum absolute atomic E-state index is 12.4. The summed E-state index contributed by atoms with van der Waals surface area (Å²) < 4.78 is 18.3. The van der Waals surface area contributed by atoms with Crippen LogP contribution in [0.2, 0.25) is 36.3 Å². The Labute approximate surface area is 186 Å². The number of ether oxygens (including phenoxy) is 1. The molecule has 0 rings (SSSR count). The van der Waals surface area contributed by atoms with Crippen LogP contribution in [0.15, 0.2) is 0 Å². The summed E-state index contributed by atoms with van der Waals surface area (Å²) in [4.78, 5) is 24.1. The molecule has 0 unspecified atom stereocenters. The van der Waals surface area contributed by atoms with E-state index < -0.39 is 40.7 Å². The van der Waals surface area contributed by atoms with Crippen molar-refractivity contribution in [2.45, 2.75) is 110 Å². The van der Waals surface area contributed by atoms with E-state index in [0.29, 0.717) is 0 Å². The molecule has 0 aliphatic carbocycles. The van der Waals surface area contributed by atoms with Gasteiger partial charge >= 0.3 is 11.9 Å². The van der Waals surface area contributed by atoms with Gasteiger partial charge in [-0.1, -0.05) is 48.5 Å². The van der Waals surface area contributed by atoms with Gasteiger partial charge in [0.25, 0.3) is 0 Å². The van der Waals surface area contributed by atoms with Crippen molar-refractivity contribution in [3.8, 4) is 0 Å². The van der Waals surface area contributed by atoms with E-state index in [1.807, 2.05) is 6.92 Å². The van der Waals surface area contributed by atoms with Crippen LogP contribution in [-0.4, -0.2) is 53.0 Å². The molecule has 0 aliphatic rings. The maximum Gasteiger partial charge on any atom is 0.310 e. The van der Waals surface area contributed by atoms with Crippen molar-refractivity contribution < 1.29 is 28.3 Å². The van der Waals surface area contributed by atoms with Gasteiger partial charge in [0.05, 0.1) is 31.7 Å². The number of hydrogen-bond acceptors (Lipinski definition) is 5. The van der Waals surface area contributed by atoms with E-state index in [4.69, 9.17) is 13.6 Å². The molecule has 178 valence electrons. The van der Waals surface area contributed by atoms with Gasteiger partial charge in [0, 0.05) is 5.92 Å². The number of carboxylic acid groups (broad SMARTS) is 1. The zero-order valence-corrected chi connectivity index (χ0v) is 23.5. The third kappa shape index (κ3) is 7.77. The summed E-state index contributed by atoms with van der Waals surface area (Å²) in [6.45, 7) is 25.1. The molecular formula is C22H46O6Si2. The molecule has 0 bridgehead atoms. The standard InChI is InChI=1S/C22H46O6Si2/c1-15(17(14-18(23)24)27-29(10,11)21(3,4)5)19(16(2)20(25)26-9)28-30(12,13)22(6,7)8/h15-17,19H,14H2,1-13H3,(H,23,24)/t15-,16+,17-,19-/m0/s1. The molecule has 0 aliphatic heterocycles. The minimum atomic E-state index is -2.23. The van der Waals surface area contributed by atoms with Gasteiger partial charge in [0.1, 0.15) is 0 Å². The highest BCUT2D eigenvalue weighted by atomic mass is 28.4. The van der Waals surface area contributed by atoms with Crippen LogP contribution in [0.3, 0.4) is 0 Å². The molecule has 0 heterocycles. The average molecular weight is 463 g/mol. The first-order valence-corrected chi connectivity index (χ1v) is 16.6. The number of carboxylic acids is 1. The van der Waals surface area contributed by atoms with Crippen LogP contribution in [0.25, 0.3) is 0 Å². The topological polar surface area (TPSA) is 82.1 Å². The minimum absolute atomic E-state index is 0.0522. The van der Waals surface area contributed by atoms with Crippen LogP contribution in [0, 0.1) is 11.8 Å². The lowest BCUT2D eigenvalue weighted by atomic mass is 9.88. The van der Waals surface area contributed by atoms with E-state index in [-0.39, 0.29) is 28.4 Å². The minimum Gasteiger partial charge on any atom is -0.481 e. The lowest BCUT2D eigenvalue weighted by Gasteiger charge is -2.46. The van der Waals surface area contributed by atoms with Crippen LogP contribution >= 0.6 is 0 Å². The van der Waals surface area contributed by atoms with Crippen LogP contribution < -0.4 is 0 Å². The van der Waals surface area contributed by atoms with Crippen molar-refractivity contribution in [1.29, 1.82) is 0 Å². The zero-order valence-electron chi connectivity index (χ0n) is 21.5. The lowest BCUT2D eigenvalue weighted by molar-refractivity contribution is -0.150. The second kappa shape index (κ2) is 10.3. The number of hydrogen-bond donors (Lipinski definition) is 1. The monoisotopic (exact) mass is 462 g/mol. The molecule has 8 heteroatoms. The van der Waals surface area contributed by atoms with Crippen molar-refractivity contribution in [2.24, 2.45) is 11.8 Å². The highest BCUT2D eigenvalue weighted by Gasteiger charge is 2.47. The second-order valence-electron chi connectivity index (χ2n) is 11.5. The number of esters is 1. The van der Waals surface area contributed by atoms with Crippen LogP contribution in [-0.2, 0) is 23.2 Å². The van der Waals surface area contributed by atoms with Gasteiger partial charge in [-0.2, -0.15) is 0 Å². The van der Waals surface area contributed by atoms with E-state index in [0.717, 1.165) is 0 Å². The number of carbonyl (C=O) groups is 2. The van der Waals surface area contributed by atoms with Crippen LogP contribution in [0.4, 0.5) is 0 Å². The number of methoxy groups -OCH3 is 1. The summed E-state index contributed by atoms with van der Waals surface area (Å²) in [5.74, 6) is -2.09. The van der Waals surface area contributed by atoms with Gasteiger partial charge in [-0.15, -0.1) is 0 Å². The molecule has 0 amide bonds. The molecule has 0 saturated heterocycles. The van der Waals surface area contributed by atoms with Crippen molar-refractivity contribution in [3.05, 3.63) is 0 Å². The van der Waals surface area contributed by atoms with E-state index in [2.05, 4.69) is 67.7 Å². The summed E-state index contributed by atoms with van der Waals surface area (Å²) in [6, 6.07) is 0. The van der Waals surface area contributed by atoms with Crippen molar-refractivity contribution in [2.75, 3.05) is 7.11 Å². The van der Waals surface area contributed by atoms with E-state index in [9.17, 15) is 14.7 Å². The molecule has 30 heavy (non-hydrogen) atoms. The number of carbonyl (C=O) groups excluding carboxylic acids is 1. The Balaban J connectivity index is 6.17. The lowest BCUT2D eigenvalue weighted by Crippen LogP contribution is -2.53. The highest BCUT2D eigenvalue weighted by Crippen LogP contribution is 2.42. The molecule has 0 aromatic rings. The highest BCUT2D eigenvalue weighted by molar-refractivity contribution is 6.74. The Bertz CT molecular complexity index is 589. The summed E-state index contributed by atoms with van der Waals surface area (Å²) in [5.41, 5.74) is 0. The SMILES string of the molecule is COC(=O)[C@H](C)[C@@H](O[Si](C)(C)C(C)(C)C)[C@@H](C)[C@H](CC(=O)O)O[Si](C)(C)C(C)(C)C.